The van der Waals surface area contributed by atoms with E-state index in [1.807, 2.05) is 30.5 Å². The third kappa shape index (κ3) is 9.39. The zero-order valence-corrected chi connectivity index (χ0v) is 25.2. The molecule has 0 aliphatic heterocycles. The molecular formula is C33H48N2O3S. The highest BCUT2D eigenvalue weighted by Gasteiger charge is 2.24. The van der Waals surface area contributed by atoms with E-state index >= 15 is 0 Å². The van der Waals surface area contributed by atoms with Gasteiger partial charge in [-0.2, -0.15) is 11.8 Å². The highest BCUT2D eigenvalue weighted by molar-refractivity contribution is 7.98. The van der Waals surface area contributed by atoms with Gasteiger partial charge in [0.15, 0.2) is 0 Å². The van der Waals surface area contributed by atoms with E-state index in [1.165, 1.54) is 50.5 Å². The van der Waals surface area contributed by atoms with Gasteiger partial charge < -0.3 is 10.4 Å². The van der Waals surface area contributed by atoms with Gasteiger partial charge in [0, 0.05) is 18.2 Å². The van der Waals surface area contributed by atoms with Crippen molar-refractivity contribution in [2.24, 2.45) is 5.92 Å². The van der Waals surface area contributed by atoms with E-state index in [4.69, 9.17) is 0 Å². The van der Waals surface area contributed by atoms with Crippen molar-refractivity contribution in [1.29, 1.82) is 0 Å². The van der Waals surface area contributed by atoms with Gasteiger partial charge in [0.1, 0.15) is 6.04 Å². The van der Waals surface area contributed by atoms with Gasteiger partial charge in [0.2, 0.25) is 0 Å². The second-order valence-corrected chi connectivity index (χ2v) is 12.2. The Bertz CT molecular complexity index is 1070. The number of rotatable bonds is 15. The van der Waals surface area contributed by atoms with Crippen molar-refractivity contribution in [1.82, 2.24) is 10.2 Å². The van der Waals surface area contributed by atoms with Crippen LogP contribution in [0.3, 0.4) is 0 Å². The van der Waals surface area contributed by atoms with Gasteiger partial charge in [0.05, 0.1) is 0 Å². The largest absolute Gasteiger partial charge is 0.480 e. The van der Waals surface area contributed by atoms with Crippen molar-refractivity contribution in [2.75, 3.05) is 18.6 Å². The first-order chi connectivity index (χ1) is 18.8. The van der Waals surface area contributed by atoms with E-state index in [-0.39, 0.29) is 5.91 Å². The van der Waals surface area contributed by atoms with Gasteiger partial charge in [-0.05, 0) is 92.0 Å². The fourth-order valence-corrected chi connectivity index (χ4v) is 6.30. The number of aryl methyl sites for hydroxylation is 1. The molecule has 2 aromatic rings. The molecule has 0 saturated heterocycles. The molecule has 214 valence electrons. The molecule has 0 heterocycles. The summed E-state index contributed by atoms with van der Waals surface area (Å²) >= 11 is 1.58. The summed E-state index contributed by atoms with van der Waals surface area (Å²) in [6.07, 6.45) is 12.8. The maximum atomic E-state index is 13.4. The topological polar surface area (TPSA) is 69.6 Å². The molecule has 1 saturated carbocycles. The van der Waals surface area contributed by atoms with E-state index in [0.717, 1.165) is 42.1 Å². The Labute approximate surface area is 240 Å². The second-order valence-electron chi connectivity index (χ2n) is 11.2. The Morgan fingerprint density at radius 2 is 1.82 bits per heavy atom. The number of hydrogen-bond donors (Lipinski definition) is 2. The normalized spacial score (nSPS) is 15.7. The summed E-state index contributed by atoms with van der Waals surface area (Å²) in [6.45, 7) is 8.60. The van der Waals surface area contributed by atoms with Gasteiger partial charge in [-0.3, -0.25) is 9.69 Å². The molecule has 0 spiro atoms. The summed E-state index contributed by atoms with van der Waals surface area (Å²) in [5.41, 5.74) is 4.69. The number of nitrogens with zero attached hydrogens (tertiary/aromatic N) is 1. The van der Waals surface area contributed by atoms with Crippen LogP contribution >= 0.6 is 11.8 Å². The minimum atomic E-state index is -0.995. The van der Waals surface area contributed by atoms with Crippen LogP contribution in [0.4, 0.5) is 0 Å². The molecule has 2 unspecified atom stereocenters. The average Bonchev–Trinajstić information content (AvgIpc) is 2.93. The number of aliphatic carboxylic acids is 1. The van der Waals surface area contributed by atoms with Crippen LogP contribution in [-0.4, -0.2) is 52.5 Å². The number of thioether (sulfide) groups is 1. The van der Waals surface area contributed by atoms with Crippen molar-refractivity contribution in [2.45, 2.75) is 97.2 Å². The van der Waals surface area contributed by atoms with Crippen LogP contribution < -0.4 is 5.32 Å². The first-order valence-corrected chi connectivity index (χ1v) is 16.2. The number of carbonyl (C=O) groups excluding carboxylic acids is 1. The number of benzene rings is 2. The monoisotopic (exact) mass is 552 g/mol. The summed E-state index contributed by atoms with van der Waals surface area (Å²) in [6, 6.07) is 13.8. The molecule has 39 heavy (non-hydrogen) atoms. The van der Waals surface area contributed by atoms with Gasteiger partial charge in [-0.15, -0.1) is 0 Å². The van der Waals surface area contributed by atoms with Crippen LogP contribution in [0.2, 0.25) is 0 Å². The van der Waals surface area contributed by atoms with E-state index < -0.39 is 12.0 Å². The van der Waals surface area contributed by atoms with Gasteiger partial charge in [0.25, 0.3) is 5.91 Å². The predicted molar refractivity (Wildman–Crippen MR) is 164 cm³/mol. The summed E-state index contributed by atoms with van der Waals surface area (Å²) in [7, 11) is 0. The maximum absolute atomic E-state index is 13.4. The van der Waals surface area contributed by atoms with Crippen molar-refractivity contribution in [3.05, 3.63) is 59.2 Å². The molecule has 2 aromatic carbocycles. The SMILES string of the molecule is CCCC(C)N(CCC1CCCCC1)Cc1ccc(C(=O)NC(CCSC)C(=O)O)c(-c2ccccc2C)c1. The van der Waals surface area contributed by atoms with Gasteiger partial charge in [-0.1, -0.05) is 75.8 Å². The molecule has 5 nitrogen and oxygen atoms in total. The van der Waals surface area contributed by atoms with Crippen molar-refractivity contribution < 1.29 is 14.7 Å². The van der Waals surface area contributed by atoms with Crippen molar-refractivity contribution in [3.8, 4) is 11.1 Å². The first kappa shape index (κ1) is 31.2. The van der Waals surface area contributed by atoms with Crippen LogP contribution in [0.15, 0.2) is 42.5 Å². The minimum absolute atomic E-state index is 0.332. The lowest BCUT2D eigenvalue weighted by molar-refractivity contribution is -0.139. The second kappa shape index (κ2) is 16.1. The predicted octanol–water partition coefficient (Wildman–Crippen LogP) is 7.56. The minimum Gasteiger partial charge on any atom is -0.480 e. The number of carbonyl (C=O) groups is 2. The third-order valence-electron chi connectivity index (χ3n) is 8.24. The lowest BCUT2D eigenvalue weighted by Gasteiger charge is -2.32. The third-order valence-corrected chi connectivity index (χ3v) is 8.89. The Morgan fingerprint density at radius 1 is 1.08 bits per heavy atom. The molecular weight excluding hydrogens is 504 g/mol. The van der Waals surface area contributed by atoms with E-state index in [9.17, 15) is 14.7 Å². The fraction of sp³-hybridized carbons (Fsp3) is 0.576. The summed E-state index contributed by atoms with van der Waals surface area (Å²) in [5, 5.41) is 12.5. The molecule has 1 amide bonds. The number of hydrogen-bond acceptors (Lipinski definition) is 4. The maximum Gasteiger partial charge on any atom is 0.326 e. The number of amides is 1. The first-order valence-electron chi connectivity index (χ1n) is 14.8. The molecule has 6 heteroatoms. The Balaban J connectivity index is 1.89. The van der Waals surface area contributed by atoms with Gasteiger partial charge >= 0.3 is 5.97 Å². The number of carboxylic acid groups (broad SMARTS) is 1. The zero-order valence-electron chi connectivity index (χ0n) is 24.4. The van der Waals surface area contributed by atoms with Crippen molar-refractivity contribution >= 4 is 23.6 Å². The smallest absolute Gasteiger partial charge is 0.326 e. The average molecular weight is 553 g/mol. The van der Waals surface area contributed by atoms with Crippen molar-refractivity contribution in [3.63, 3.8) is 0 Å². The quantitative estimate of drug-likeness (QED) is 0.239. The molecule has 2 N–H and O–H groups in total. The molecule has 0 radical (unpaired) electrons. The summed E-state index contributed by atoms with van der Waals surface area (Å²) in [4.78, 5) is 27.9. The van der Waals surface area contributed by atoms with E-state index in [2.05, 4.69) is 49.2 Å². The molecule has 0 aromatic heterocycles. The van der Waals surface area contributed by atoms with Crippen LogP contribution in [0.1, 0.15) is 93.1 Å². The highest BCUT2D eigenvalue weighted by Crippen LogP contribution is 2.30. The Kier molecular flexibility index (Phi) is 12.9. The van der Waals surface area contributed by atoms with Gasteiger partial charge in [-0.25, -0.2) is 4.79 Å². The number of carboxylic acids is 1. The van der Waals surface area contributed by atoms with Crippen LogP contribution in [0.5, 0.6) is 0 Å². The number of nitrogens with one attached hydrogen (secondary N) is 1. The van der Waals surface area contributed by atoms with Crippen LogP contribution in [0, 0.1) is 12.8 Å². The molecule has 2 atom stereocenters. The lowest BCUT2D eigenvalue weighted by Crippen LogP contribution is -2.41. The Hall–Kier alpha value is -2.31. The Morgan fingerprint density at radius 3 is 2.49 bits per heavy atom. The van der Waals surface area contributed by atoms with Crippen LogP contribution in [-0.2, 0) is 11.3 Å². The molecule has 0 bridgehead atoms. The molecule has 1 aliphatic carbocycles. The fourth-order valence-electron chi connectivity index (χ4n) is 5.83. The highest BCUT2D eigenvalue weighted by atomic mass is 32.2. The molecule has 1 aliphatic rings. The van der Waals surface area contributed by atoms with Crippen LogP contribution in [0.25, 0.3) is 11.1 Å². The standard InChI is InChI=1S/C33H48N2O3S/c1-5-11-25(3)35(20-18-26-13-7-6-8-14-26)23-27-16-17-29(30(22-27)28-15-10-9-12-24(28)2)32(36)34-31(33(37)38)19-21-39-4/h9-10,12,15-17,22,25-26,31H,5-8,11,13-14,18-21,23H2,1-4H3,(H,34,36)(H,37,38). The zero-order chi connectivity index (χ0) is 28.2. The summed E-state index contributed by atoms with van der Waals surface area (Å²) < 4.78 is 0. The molecule has 3 rings (SSSR count). The van der Waals surface area contributed by atoms with E-state index in [1.54, 1.807) is 11.8 Å². The molecule has 1 fully saturated rings. The summed E-state index contributed by atoms with van der Waals surface area (Å²) in [5.74, 6) is 0.191. The lowest BCUT2D eigenvalue weighted by atomic mass is 9.86. The van der Waals surface area contributed by atoms with E-state index in [0.29, 0.717) is 23.8 Å².